The summed E-state index contributed by atoms with van der Waals surface area (Å²) in [5, 5.41) is 2.11. The Hall–Kier alpha value is -1.29. The third kappa shape index (κ3) is 2.05. The molecule has 1 atom stereocenters. The second-order valence-corrected chi connectivity index (χ2v) is 5.51. The lowest BCUT2D eigenvalue weighted by atomic mass is 10.1. The molecule has 1 aromatic heterocycles. The van der Waals surface area contributed by atoms with Gasteiger partial charge in [-0.15, -0.1) is 0 Å². The third-order valence-electron chi connectivity index (χ3n) is 3.55. The Labute approximate surface area is 114 Å². The van der Waals surface area contributed by atoms with Gasteiger partial charge in [-0.25, -0.2) is 0 Å². The first-order chi connectivity index (χ1) is 8.78. The van der Waals surface area contributed by atoms with Crippen molar-refractivity contribution in [2.45, 2.75) is 13.0 Å². The molecule has 0 aliphatic carbocycles. The Morgan fingerprint density at radius 1 is 1.39 bits per heavy atom. The number of nitrogens with zero attached hydrogens (tertiary/aromatic N) is 1. The lowest BCUT2D eigenvalue weighted by molar-refractivity contribution is -0.128. The van der Waals surface area contributed by atoms with E-state index in [0.29, 0.717) is 18.9 Å². The minimum absolute atomic E-state index is 0.267. The summed E-state index contributed by atoms with van der Waals surface area (Å²) in [6, 6.07) is 8.29. The molecule has 0 spiro atoms. The van der Waals surface area contributed by atoms with Crippen molar-refractivity contribution in [3.05, 3.63) is 36.0 Å². The Balaban J connectivity index is 1.84. The maximum absolute atomic E-state index is 11.9. The van der Waals surface area contributed by atoms with Gasteiger partial charge < -0.3 is 9.88 Å². The maximum atomic E-state index is 11.9. The van der Waals surface area contributed by atoms with Crippen LogP contribution in [0.15, 0.2) is 30.5 Å². The van der Waals surface area contributed by atoms with Gasteiger partial charge in [0.15, 0.2) is 0 Å². The van der Waals surface area contributed by atoms with E-state index in [2.05, 4.69) is 39.1 Å². The van der Waals surface area contributed by atoms with E-state index in [1.165, 1.54) is 10.9 Å². The van der Waals surface area contributed by atoms with Gasteiger partial charge in [-0.1, -0.05) is 34.1 Å². The van der Waals surface area contributed by atoms with Crippen LogP contribution in [0.25, 0.3) is 10.9 Å². The number of likely N-dealkylation sites (tertiary alicyclic amines) is 1. The summed E-state index contributed by atoms with van der Waals surface area (Å²) in [6.07, 6.45) is 2.62. The smallest absolute Gasteiger partial charge is 0.223 e. The molecular weight excluding hydrogens is 292 g/mol. The van der Waals surface area contributed by atoms with Crippen molar-refractivity contribution in [1.82, 2.24) is 9.88 Å². The second-order valence-electron chi connectivity index (χ2n) is 4.86. The van der Waals surface area contributed by atoms with Gasteiger partial charge in [0.1, 0.15) is 0 Å². The molecule has 94 valence electrons. The monoisotopic (exact) mass is 306 g/mol. The average molecular weight is 307 g/mol. The average Bonchev–Trinajstić information content (AvgIpc) is 2.97. The van der Waals surface area contributed by atoms with Crippen molar-refractivity contribution in [2.75, 3.05) is 11.9 Å². The van der Waals surface area contributed by atoms with Crippen LogP contribution in [0.4, 0.5) is 0 Å². The molecule has 2 aromatic rings. The number of nitrogens with one attached hydrogen (secondary N) is 1. The van der Waals surface area contributed by atoms with Gasteiger partial charge in [0.25, 0.3) is 0 Å². The minimum atomic E-state index is 0.267. The predicted molar refractivity (Wildman–Crippen MR) is 75.6 cm³/mol. The van der Waals surface area contributed by atoms with Gasteiger partial charge in [0.2, 0.25) is 5.91 Å². The SMILES string of the molecule is O=C1CC(CBr)CN1Cc1cccc2cc[nH]c12. The summed E-state index contributed by atoms with van der Waals surface area (Å²) in [4.78, 5) is 17.1. The van der Waals surface area contributed by atoms with Crippen LogP contribution in [0.2, 0.25) is 0 Å². The number of H-pyrrole nitrogens is 1. The maximum Gasteiger partial charge on any atom is 0.223 e. The Kier molecular flexibility index (Phi) is 3.12. The van der Waals surface area contributed by atoms with E-state index in [0.717, 1.165) is 17.4 Å². The van der Waals surface area contributed by atoms with Crippen LogP contribution in [0.5, 0.6) is 0 Å². The van der Waals surface area contributed by atoms with E-state index in [-0.39, 0.29) is 5.91 Å². The van der Waals surface area contributed by atoms with Crippen molar-refractivity contribution in [3.8, 4) is 0 Å². The second kappa shape index (κ2) is 4.76. The lowest BCUT2D eigenvalue weighted by Crippen LogP contribution is -2.24. The topological polar surface area (TPSA) is 36.1 Å². The lowest BCUT2D eigenvalue weighted by Gasteiger charge is -2.16. The minimum Gasteiger partial charge on any atom is -0.361 e. The summed E-state index contributed by atoms with van der Waals surface area (Å²) in [6.45, 7) is 1.57. The number of carbonyl (C=O) groups excluding carboxylic acids is 1. The number of para-hydroxylation sites is 1. The van der Waals surface area contributed by atoms with E-state index in [1.54, 1.807) is 0 Å². The normalized spacial score (nSPS) is 19.9. The molecule has 1 amide bonds. The molecule has 4 heteroatoms. The van der Waals surface area contributed by atoms with Crippen LogP contribution in [0, 0.1) is 5.92 Å². The van der Waals surface area contributed by atoms with Crippen molar-refractivity contribution in [3.63, 3.8) is 0 Å². The highest BCUT2D eigenvalue weighted by Gasteiger charge is 2.28. The highest BCUT2D eigenvalue weighted by atomic mass is 79.9. The number of fused-ring (bicyclic) bond motifs is 1. The first-order valence-electron chi connectivity index (χ1n) is 6.16. The zero-order valence-electron chi connectivity index (χ0n) is 10.0. The first kappa shape index (κ1) is 11.8. The molecule has 1 fully saturated rings. The van der Waals surface area contributed by atoms with Gasteiger partial charge in [0, 0.05) is 31.0 Å². The van der Waals surface area contributed by atoms with Gasteiger partial charge in [-0.3, -0.25) is 4.79 Å². The van der Waals surface area contributed by atoms with Crippen molar-refractivity contribution >= 4 is 32.7 Å². The molecule has 1 aliphatic rings. The van der Waals surface area contributed by atoms with E-state index in [1.807, 2.05) is 17.2 Å². The molecule has 1 unspecified atom stereocenters. The largest absolute Gasteiger partial charge is 0.361 e. The number of halogens is 1. The fraction of sp³-hybridized carbons (Fsp3) is 0.357. The molecule has 0 bridgehead atoms. The number of hydrogen-bond acceptors (Lipinski definition) is 1. The molecule has 3 nitrogen and oxygen atoms in total. The summed E-state index contributed by atoms with van der Waals surface area (Å²) in [5.41, 5.74) is 2.34. The van der Waals surface area contributed by atoms with Crippen LogP contribution >= 0.6 is 15.9 Å². The number of carbonyl (C=O) groups is 1. The number of amides is 1. The molecule has 1 saturated heterocycles. The van der Waals surface area contributed by atoms with Crippen LogP contribution in [0.3, 0.4) is 0 Å². The van der Waals surface area contributed by atoms with Gasteiger partial charge in [0.05, 0.1) is 5.52 Å². The number of benzene rings is 1. The molecule has 2 heterocycles. The van der Waals surface area contributed by atoms with Gasteiger partial charge >= 0.3 is 0 Å². The summed E-state index contributed by atoms with van der Waals surface area (Å²) in [7, 11) is 0. The summed E-state index contributed by atoms with van der Waals surface area (Å²) in [5.74, 6) is 0.725. The number of rotatable bonds is 3. The van der Waals surface area contributed by atoms with Gasteiger partial charge in [-0.2, -0.15) is 0 Å². The van der Waals surface area contributed by atoms with E-state index in [4.69, 9.17) is 0 Å². The number of aromatic nitrogens is 1. The predicted octanol–water partition coefficient (Wildman–Crippen LogP) is 2.91. The van der Waals surface area contributed by atoms with Crippen LogP contribution in [-0.4, -0.2) is 27.7 Å². The third-order valence-corrected chi connectivity index (χ3v) is 4.46. The molecule has 3 rings (SSSR count). The number of alkyl halides is 1. The van der Waals surface area contributed by atoms with Crippen molar-refractivity contribution in [2.24, 2.45) is 5.92 Å². The Morgan fingerprint density at radius 3 is 3.06 bits per heavy atom. The van der Waals surface area contributed by atoms with E-state index in [9.17, 15) is 4.79 Å². The fourth-order valence-electron chi connectivity index (χ4n) is 2.60. The first-order valence-corrected chi connectivity index (χ1v) is 7.29. The zero-order valence-corrected chi connectivity index (χ0v) is 11.6. The molecule has 1 aromatic carbocycles. The standard InChI is InChI=1S/C14H15BrN2O/c15-7-10-6-13(18)17(8-10)9-12-3-1-2-11-4-5-16-14(11)12/h1-5,10,16H,6-9H2. The van der Waals surface area contributed by atoms with Crippen LogP contribution in [0.1, 0.15) is 12.0 Å². The molecule has 1 aliphatic heterocycles. The van der Waals surface area contributed by atoms with Crippen LogP contribution in [-0.2, 0) is 11.3 Å². The highest BCUT2D eigenvalue weighted by molar-refractivity contribution is 9.09. The zero-order chi connectivity index (χ0) is 12.5. The molecule has 18 heavy (non-hydrogen) atoms. The number of aromatic amines is 1. The number of hydrogen-bond donors (Lipinski definition) is 1. The molecular formula is C14H15BrN2O. The van der Waals surface area contributed by atoms with Crippen molar-refractivity contribution < 1.29 is 4.79 Å². The highest BCUT2D eigenvalue weighted by Crippen LogP contribution is 2.24. The molecule has 0 radical (unpaired) electrons. The van der Waals surface area contributed by atoms with E-state index < -0.39 is 0 Å². The van der Waals surface area contributed by atoms with Crippen molar-refractivity contribution in [1.29, 1.82) is 0 Å². The Bertz CT molecular complexity index is 578. The van der Waals surface area contributed by atoms with Crippen LogP contribution < -0.4 is 0 Å². The molecule has 1 N–H and O–H groups in total. The quantitative estimate of drug-likeness (QED) is 0.870. The Morgan fingerprint density at radius 2 is 2.28 bits per heavy atom. The van der Waals surface area contributed by atoms with E-state index >= 15 is 0 Å². The van der Waals surface area contributed by atoms with Gasteiger partial charge in [-0.05, 0) is 22.9 Å². The molecule has 0 saturated carbocycles. The fourth-order valence-corrected chi connectivity index (χ4v) is 3.03. The summed E-state index contributed by atoms with van der Waals surface area (Å²) >= 11 is 3.47. The summed E-state index contributed by atoms with van der Waals surface area (Å²) < 4.78 is 0.